The Balaban J connectivity index is 2.61. The van der Waals surface area contributed by atoms with Gasteiger partial charge in [-0.2, -0.15) is 23.1 Å². The quantitative estimate of drug-likeness (QED) is 0.857. The van der Waals surface area contributed by atoms with E-state index < -0.39 is 19.2 Å². The van der Waals surface area contributed by atoms with Crippen molar-refractivity contribution in [3.63, 3.8) is 0 Å². The Morgan fingerprint density at radius 2 is 1.94 bits per heavy atom. The molecule has 90 valence electrons. The zero-order chi connectivity index (χ0) is 12.2. The molecule has 5 nitrogen and oxygen atoms in total. The summed E-state index contributed by atoms with van der Waals surface area (Å²) in [5, 5.41) is 0. The number of hydrogen-bond acceptors (Lipinski definition) is 5. The lowest BCUT2D eigenvalue weighted by molar-refractivity contribution is -0.139. The van der Waals surface area contributed by atoms with Gasteiger partial charge in [0, 0.05) is 0 Å². The predicted molar refractivity (Wildman–Crippen MR) is 49.2 cm³/mol. The van der Waals surface area contributed by atoms with Gasteiger partial charge in [-0.05, 0) is 0 Å². The lowest BCUT2D eigenvalue weighted by Gasteiger charge is -2.10. The van der Waals surface area contributed by atoms with E-state index in [1.54, 1.807) is 0 Å². The third-order valence-corrected chi connectivity index (χ3v) is 1.63. The lowest BCUT2D eigenvalue weighted by atomic mass is 10.4. The first-order valence-corrected chi connectivity index (χ1v) is 4.28. The molecule has 0 fully saturated rings. The van der Waals surface area contributed by atoms with Crippen LogP contribution in [0, 0.1) is 0 Å². The predicted octanol–water partition coefficient (Wildman–Crippen LogP) is 1.40. The number of nitrogen functional groups attached to an aromatic ring is 1. The molecule has 1 rings (SSSR count). The molecule has 16 heavy (non-hydrogen) atoms. The first-order chi connectivity index (χ1) is 7.44. The van der Waals surface area contributed by atoms with Crippen LogP contribution in [0.1, 0.15) is 6.42 Å². The van der Waals surface area contributed by atoms with Crippen LogP contribution in [-0.4, -0.2) is 29.9 Å². The third-order valence-electron chi connectivity index (χ3n) is 1.63. The summed E-state index contributed by atoms with van der Waals surface area (Å²) in [5.41, 5.74) is 5.47. The van der Waals surface area contributed by atoms with Gasteiger partial charge in [0.05, 0.1) is 20.1 Å². The fraction of sp³-hybridized carbons (Fsp3) is 0.500. The smallest absolute Gasteiger partial charge is 0.392 e. The zero-order valence-corrected chi connectivity index (χ0v) is 8.41. The number of aromatic nitrogens is 2. The van der Waals surface area contributed by atoms with Gasteiger partial charge < -0.3 is 15.2 Å². The molecular formula is C8H10F3N3O2. The van der Waals surface area contributed by atoms with Crippen LogP contribution in [0.15, 0.2) is 6.33 Å². The SMILES string of the molecule is COc1ncnc(OCCC(F)(F)F)c1N. The molecule has 0 saturated heterocycles. The molecule has 0 aliphatic carbocycles. The van der Waals surface area contributed by atoms with Crippen molar-refractivity contribution < 1.29 is 22.6 Å². The molecule has 0 aliphatic rings. The molecule has 0 bridgehead atoms. The maximum absolute atomic E-state index is 11.8. The molecule has 0 aromatic carbocycles. The van der Waals surface area contributed by atoms with Crippen molar-refractivity contribution in [2.24, 2.45) is 0 Å². The minimum atomic E-state index is -4.27. The highest BCUT2D eigenvalue weighted by Gasteiger charge is 2.27. The summed E-state index contributed by atoms with van der Waals surface area (Å²) >= 11 is 0. The number of nitrogens with zero attached hydrogens (tertiary/aromatic N) is 2. The normalized spacial score (nSPS) is 11.2. The highest BCUT2D eigenvalue weighted by Crippen LogP contribution is 2.27. The van der Waals surface area contributed by atoms with E-state index in [4.69, 9.17) is 15.2 Å². The van der Waals surface area contributed by atoms with Crippen molar-refractivity contribution in [2.75, 3.05) is 19.5 Å². The molecule has 0 saturated carbocycles. The van der Waals surface area contributed by atoms with Crippen molar-refractivity contribution in [2.45, 2.75) is 12.6 Å². The Morgan fingerprint density at radius 1 is 1.31 bits per heavy atom. The first-order valence-electron chi connectivity index (χ1n) is 4.28. The summed E-state index contributed by atoms with van der Waals surface area (Å²) in [7, 11) is 1.33. The Labute approximate surface area is 89.4 Å². The van der Waals surface area contributed by atoms with Crippen molar-refractivity contribution in [3.05, 3.63) is 6.33 Å². The molecule has 0 unspecified atom stereocenters. The van der Waals surface area contributed by atoms with E-state index in [1.807, 2.05) is 0 Å². The molecule has 0 atom stereocenters. The summed E-state index contributed by atoms with van der Waals surface area (Å²) in [6.45, 7) is -0.548. The minimum Gasteiger partial charge on any atom is -0.479 e. The van der Waals surface area contributed by atoms with Gasteiger partial charge in [-0.3, -0.25) is 0 Å². The number of anilines is 1. The van der Waals surface area contributed by atoms with Gasteiger partial charge in [0.15, 0.2) is 5.69 Å². The molecule has 1 aromatic rings. The maximum Gasteiger partial charge on any atom is 0.392 e. The fourth-order valence-electron chi connectivity index (χ4n) is 0.905. The monoisotopic (exact) mass is 237 g/mol. The van der Waals surface area contributed by atoms with Crippen LogP contribution in [0.3, 0.4) is 0 Å². The average Bonchev–Trinajstić information content (AvgIpc) is 2.19. The molecule has 1 aromatic heterocycles. The number of halogens is 3. The zero-order valence-electron chi connectivity index (χ0n) is 8.41. The van der Waals surface area contributed by atoms with E-state index in [-0.39, 0.29) is 17.4 Å². The number of hydrogen-bond donors (Lipinski definition) is 1. The molecule has 2 N–H and O–H groups in total. The second kappa shape index (κ2) is 4.86. The van der Waals surface area contributed by atoms with E-state index in [9.17, 15) is 13.2 Å². The van der Waals surface area contributed by atoms with Gasteiger partial charge in [-0.1, -0.05) is 0 Å². The summed E-state index contributed by atoms with van der Waals surface area (Å²) in [6.07, 6.45) is -4.25. The van der Waals surface area contributed by atoms with Gasteiger partial charge >= 0.3 is 6.18 Å². The van der Waals surface area contributed by atoms with Crippen LogP contribution in [0.4, 0.5) is 18.9 Å². The molecular weight excluding hydrogens is 227 g/mol. The molecule has 0 radical (unpaired) electrons. The Bertz CT molecular complexity index is 357. The van der Waals surface area contributed by atoms with E-state index in [0.29, 0.717) is 0 Å². The topological polar surface area (TPSA) is 70.3 Å². The number of alkyl halides is 3. The van der Waals surface area contributed by atoms with Crippen molar-refractivity contribution in [1.82, 2.24) is 9.97 Å². The average molecular weight is 237 g/mol. The van der Waals surface area contributed by atoms with Gasteiger partial charge in [-0.15, -0.1) is 0 Å². The van der Waals surface area contributed by atoms with Crippen LogP contribution < -0.4 is 15.2 Å². The number of nitrogens with two attached hydrogens (primary N) is 1. The van der Waals surface area contributed by atoms with Crippen LogP contribution in [0.5, 0.6) is 11.8 Å². The number of ether oxygens (including phenoxy) is 2. The largest absolute Gasteiger partial charge is 0.479 e. The minimum absolute atomic E-state index is 0.0211. The van der Waals surface area contributed by atoms with E-state index in [1.165, 1.54) is 7.11 Å². The van der Waals surface area contributed by atoms with Crippen LogP contribution in [0.2, 0.25) is 0 Å². The second-order valence-electron chi connectivity index (χ2n) is 2.82. The Kier molecular flexibility index (Phi) is 3.75. The van der Waals surface area contributed by atoms with Crippen LogP contribution >= 0.6 is 0 Å². The van der Waals surface area contributed by atoms with Crippen LogP contribution in [0.25, 0.3) is 0 Å². The molecule has 1 heterocycles. The van der Waals surface area contributed by atoms with E-state index >= 15 is 0 Å². The summed E-state index contributed by atoms with van der Waals surface area (Å²) in [4.78, 5) is 7.25. The molecule has 0 aliphatic heterocycles. The Morgan fingerprint density at radius 3 is 2.50 bits per heavy atom. The van der Waals surface area contributed by atoms with Gasteiger partial charge in [0.25, 0.3) is 0 Å². The Hall–Kier alpha value is -1.73. The maximum atomic E-state index is 11.8. The highest BCUT2D eigenvalue weighted by molar-refractivity contribution is 5.55. The number of methoxy groups -OCH3 is 1. The lowest BCUT2D eigenvalue weighted by Crippen LogP contribution is -2.14. The van der Waals surface area contributed by atoms with Crippen molar-refractivity contribution in [3.8, 4) is 11.8 Å². The first kappa shape index (κ1) is 12.3. The standard InChI is InChI=1S/C8H10F3N3O2/c1-15-6-5(12)7(14-4-13-6)16-3-2-8(9,10)11/h4H,2-3,12H2,1H3. The van der Waals surface area contributed by atoms with Crippen LogP contribution in [-0.2, 0) is 0 Å². The fourth-order valence-corrected chi connectivity index (χ4v) is 0.905. The van der Waals surface area contributed by atoms with Gasteiger partial charge in [0.2, 0.25) is 11.8 Å². The molecule has 0 amide bonds. The third kappa shape index (κ3) is 3.44. The summed E-state index contributed by atoms with van der Waals surface area (Å²) in [5.74, 6) is -0.0480. The van der Waals surface area contributed by atoms with E-state index in [0.717, 1.165) is 6.33 Å². The van der Waals surface area contributed by atoms with Gasteiger partial charge in [-0.25, -0.2) is 0 Å². The molecule has 0 spiro atoms. The van der Waals surface area contributed by atoms with E-state index in [2.05, 4.69) is 9.97 Å². The number of rotatable bonds is 4. The molecule has 8 heteroatoms. The second-order valence-corrected chi connectivity index (χ2v) is 2.82. The van der Waals surface area contributed by atoms with Crippen molar-refractivity contribution >= 4 is 5.69 Å². The van der Waals surface area contributed by atoms with Crippen molar-refractivity contribution in [1.29, 1.82) is 0 Å². The van der Waals surface area contributed by atoms with Gasteiger partial charge in [0.1, 0.15) is 6.33 Å². The highest BCUT2D eigenvalue weighted by atomic mass is 19.4. The summed E-state index contributed by atoms with van der Waals surface area (Å²) in [6, 6.07) is 0. The summed E-state index contributed by atoms with van der Waals surface area (Å²) < 4.78 is 45.0.